The number of nitrogens with two attached hydrogens (primary N) is 1. The molecule has 1 aliphatic heterocycles. The topological polar surface area (TPSA) is 77.0 Å². The Morgan fingerprint density at radius 1 is 1.11 bits per heavy atom. The molecule has 1 aromatic carbocycles. The van der Waals surface area contributed by atoms with Crippen molar-refractivity contribution in [3.8, 4) is 0 Å². The van der Waals surface area contributed by atoms with Gasteiger partial charge in [-0.05, 0) is 6.07 Å². The lowest BCUT2D eigenvalue weighted by Gasteiger charge is -2.29. The predicted octanol–water partition coefficient (Wildman–Crippen LogP) is 2.15. The van der Waals surface area contributed by atoms with E-state index in [1.165, 1.54) is 4.90 Å². The summed E-state index contributed by atoms with van der Waals surface area (Å²) in [6, 6.07) is -0.347. The lowest BCUT2D eigenvalue weighted by Crippen LogP contribution is -2.40. The maximum absolute atomic E-state index is 13.7. The first-order valence-electron chi connectivity index (χ1n) is 7.75. The Kier molecular flexibility index (Phi) is 4.84. The summed E-state index contributed by atoms with van der Waals surface area (Å²) >= 11 is 0. The van der Waals surface area contributed by atoms with Crippen LogP contribution in [-0.4, -0.2) is 32.1 Å². The van der Waals surface area contributed by atoms with Gasteiger partial charge in [0.2, 0.25) is 11.7 Å². The van der Waals surface area contributed by atoms with E-state index >= 15 is 0 Å². The Morgan fingerprint density at radius 2 is 1.78 bits per heavy atom. The van der Waals surface area contributed by atoms with Gasteiger partial charge in [-0.25, -0.2) is 13.2 Å². The van der Waals surface area contributed by atoms with Gasteiger partial charge in [-0.3, -0.25) is 4.79 Å². The second kappa shape index (κ2) is 6.83. The molecule has 2 N–H and O–H groups in total. The molecule has 0 bridgehead atoms. The van der Waals surface area contributed by atoms with Crippen molar-refractivity contribution < 1.29 is 31.1 Å². The van der Waals surface area contributed by atoms with Crippen molar-refractivity contribution in [2.75, 3.05) is 6.54 Å². The normalized spacial score (nSPS) is 15.6. The molecule has 0 unspecified atom stereocenters. The molecule has 3 rings (SSSR count). The summed E-state index contributed by atoms with van der Waals surface area (Å²) < 4.78 is 79.3. The van der Waals surface area contributed by atoms with Crippen LogP contribution in [0.3, 0.4) is 0 Å². The lowest BCUT2D eigenvalue weighted by atomic mass is 10.0. The van der Waals surface area contributed by atoms with E-state index in [-0.39, 0.29) is 31.0 Å². The number of nitrogens with zero attached hydrogens (tertiary/aromatic N) is 4. The highest BCUT2D eigenvalue weighted by molar-refractivity contribution is 5.77. The van der Waals surface area contributed by atoms with Crippen LogP contribution >= 0.6 is 0 Å². The zero-order chi connectivity index (χ0) is 19.9. The molecule has 1 aliphatic rings. The third-order valence-electron chi connectivity index (χ3n) is 4.19. The molecule has 12 heteroatoms. The summed E-state index contributed by atoms with van der Waals surface area (Å²) in [5, 5.41) is 6.54. The molecular weight excluding hydrogens is 380 g/mol. The fourth-order valence-corrected chi connectivity index (χ4v) is 2.83. The molecule has 1 amide bonds. The van der Waals surface area contributed by atoms with E-state index in [1.54, 1.807) is 0 Å². The fraction of sp³-hybridized carbons (Fsp3) is 0.400. The second-order valence-electron chi connectivity index (χ2n) is 6.00. The quantitative estimate of drug-likeness (QED) is 0.641. The molecule has 0 saturated heterocycles. The number of halogens is 6. The summed E-state index contributed by atoms with van der Waals surface area (Å²) in [6.45, 7) is -0.452. The summed E-state index contributed by atoms with van der Waals surface area (Å²) in [7, 11) is 0. The molecule has 0 radical (unpaired) electrons. The standard InChI is InChI=1S/C15H13F6N5O/c16-8-4-10(18)9(17)3-7(8)11(22)5-13(27)25-1-2-26-12(6-25)23-24-14(26)15(19,20)21/h3-4,11H,1-2,5-6,22H2/t11-/m0/s1. The van der Waals surface area contributed by atoms with Crippen LogP contribution in [0.1, 0.15) is 29.7 Å². The number of benzene rings is 1. The average molecular weight is 393 g/mol. The minimum absolute atomic E-state index is 0.0468. The summed E-state index contributed by atoms with van der Waals surface area (Å²) in [4.78, 5) is 13.5. The number of fused-ring (bicyclic) bond motifs is 1. The molecule has 0 spiro atoms. The van der Waals surface area contributed by atoms with Crippen LogP contribution in [0.5, 0.6) is 0 Å². The van der Waals surface area contributed by atoms with Crippen LogP contribution < -0.4 is 5.73 Å². The number of hydrogen-bond acceptors (Lipinski definition) is 4. The number of amides is 1. The first kappa shape index (κ1) is 19.1. The highest BCUT2D eigenvalue weighted by Gasteiger charge is 2.40. The Morgan fingerprint density at radius 3 is 2.44 bits per heavy atom. The maximum atomic E-state index is 13.7. The third-order valence-corrected chi connectivity index (χ3v) is 4.19. The number of rotatable bonds is 3. The molecule has 2 aromatic rings. The molecule has 2 heterocycles. The molecule has 0 saturated carbocycles. The number of alkyl halides is 3. The van der Waals surface area contributed by atoms with Crippen molar-refractivity contribution >= 4 is 5.91 Å². The Balaban J connectivity index is 1.71. The molecule has 146 valence electrons. The Labute approximate surface area is 148 Å². The van der Waals surface area contributed by atoms with Gasteiger partial charge in [0.1, 0.15) is 5.82 Å². The first-order chi connectivity index (χ1) is 12.6. The molecule has 27 heavy (non-hydrogen) atoms. The number of carbonyl (C=O) groups is 1. The van der Waals surface area contributed by atoms with Crippen molar-refractivity contribution in [1.29, 1.82) is 0 Å². The van der Waals surface area contributed by atoms with E-state index in [2.05, 4.69) is 10.2 Å². The Bertz CT molecular complexity index is 880. The highest BCUT2D eigenvalue weighted by Crippen LogP contribution is 2.30. The van der Waals surface area contributed by atoms with Crippen molar-refractivity contribution in [2.45, 2.75) is 31.7 Å². The molecule has 1 aromatic heterocycles. The largest absolute Gasteiger partial charge is 0.451 e. The van der Waals surface area contributed by atoms with E-state index in [4.69, 9.17) is 5.73 Å². The van der Waals surface area contributed by atoms with Crippen LogP contribution in [0.25, 0.3) is 0 Å². The van der Waals surface area contributed by atoms with Gasteiger partial charge >= 0.3 is 6.18 Å². The van der Waals surface area contributed by atoms with Crippen LogP contribution in [0.2, 0.25) is 0 Å². The second-order valence-corrected chi connectivity index (χ2v) is 6.00. The van der Waals surface area contributed by atoms with Gasteiger partial charge in [0, 0.05) is 37.2 Å². The van der Waals surface area contributed by atoms with Crippen molar-refractivity contribution in [3.05, 3.63) is 46.8 Å². The van der Waals surface area contributed by atoms with Gasteiger partial charge in [-0.1, -0.05) is 0 Å². The first-order valence-corrected chi connectivity index (χ1v) is 7.75. The Hall–Kier alpha value is -2.63. The number of carbonyl (C=O) groups excluding carboxylic acids is 1. The van der Waals surface area contributed by atoms with E-state index in [9.17, 15) is 31.1 Å². The van der Waals surface area contributed by atoms with E-state index in [0.717, 1.165) is 4.57 Å². The van der Waals surface area contributed by atoms with Gasteiger partial charge in [0.05, 0.1) is 6.54 Å². The van der Waals surface area contributed by atoms with Crippen molar-refractivity contribution in [3.63, 3.8) is 0 Å². The van der Waals surface area contributed by atoms with Crippen molar-refractivity contribution in [2.24, 2.45) is 5.73 Å². The fourth-order valence-electron chi connectivity index (χ4n) is 2.83. The van der Waals surface area contributed by atoms with Crippen LogP contribution in [0.4, 0.5) is 26.3 Å². The van der Waals surface area contributed by atoms with Gasteiger partial charge in [0.15, 0.2) is 17.5 Å². The zero-order valence-electron chi connectivity index (χ0n) is 13.6. The summed E-state index contributed by atoms with van der Waals surface area (Å²) in [5.41, 5.74) is 5.35. The zero-order valence-corrected chi connectivity index (χ0v) is 13.6. The van der Waals surface area contributed by atoms with Gasteiger partial charge in [-0.15, -0.1) is 10.2 Å². The van der Waals surface area contributed by atoms with E-state index < -0.39 is 47.8 Å². The van der Waals surface area contributed by atoms with Crippen molar-refractivity contribution in [1.82, 2.24) is 19.7 Å². The van der Waals surface area contributed by atoms with E-state index in [1.807, 2.05) is 0 Å². The molecule has 6 nitrogen and oxygen atoms in total. The maximum Gasteiger partial charge on any atom is 0.451 e. The summed E-state index contributed by atoms with van der Waals surface area (Å²) in [6.07, 6.45) is -5.10. The van der Waals surface area contributed by atoms with Gasteiger partial charge in [-0.2, -0.15) is 13.2 Å². The SMILES string of the molecule is N[C@@H](CC(=O)N1CCn2c(nnc2C(F)(F)F)C1)c1cc(F)c(F)cc1F. The molecule has 0 aliphatic carbocycles. The third kappa shape index (κ3) is 3.75. The molecular formula is C15H13F6N5O. The van der Waals surface area contributed by atoms with Crippen LogP contribution in [0, 0.1) is 17.5 Å². The van der Waals surface area contributed by atoms with Gasteiger partial charge in [0.25, 0.3) is 0 Å². The lowest BCUT2D eigenvalue weighted by molar-refractivity contribution is -0.148. The van der Waals surface area contributed by atoms with Gasteiger partial charge < -0.3 is 15.2 Å². The average Bonchev–Trinajstić information content (AvgIpc) is 3.01. The molecule has 1 atom stereocenters. The monoisotopic (exact) mass is 393 g/mol. The van der Waals surface area contributed by atoms with E-state index in [0.29, 0.717) is 12.1 Å². The number of hydrogen-bond donors (Lipinski definition) is 1. The summed E-state index contributed by atoms with van der Waals surface area (Å²) in [5.74, 6) is -5.57. The minimum atomic E-state index is -4.66. The number of aromatic nitrogens is 3. The minimum Gasteiger partial charge on any atom is -0.333 e. The highest BCUT2D eigenvalue weighted by atomic mass is 19.4. The van der Waals surface area contributed by atoms with Crippen LogP contribution in [-0.2, 0) is 24.1 Å². The smallest absolute Gasteiger partial charge is 0.333 e. The molecule has 0 fully saturated rings. The van der Waals surface area contributed by atoms with Crippen LogP contribution in [0.15, 0.2) is 12.1 Å². The predicted molar refractivity (Wildman–Crippen MR) is 78.3 cm³/mol.